The lowest BCUT2D eigenvalue weighted by Crippen LogP contribution is -2.31. The predicted octanol–water partition coefficient (Wildman–Crippen LogP) is 1.86. The highest BCUT2D eigenvalue weighted by Gasteiger charge is 2.45. The van der Waals surface area contributed by atoms with Crippen LogP contribution in [-0.4, -0.2) is 46.9 Å². The van der Waals surface area contributed by atoms with Crippen molar-refractivity contribution in [1.29, 1.82) is 0 Å². The van der Waals surface area contributed by atoms with Crippen LogP contribution in [0.2, 0.25) is 0 Å². The molecule has 1 aliphatic rings. The summed E-state index contributed by atoms with van der Waals surface area (Å²) in [6, 6.07) is 9.44. The molecule has 3 rings (SSSR count). The van der Waals surface area contributed by atoms with E-state index < -0.39 is 17.7 Å². The normalized spacial score (nSPS) is 18.7. The van der Waals surface area contributed by atoms with Gasteiger partial charge in [0.05, 0.1) is 18.7 Å². The van der Waals surface area contributed by atoms with Crippen LogP contribution in [0.1, 0.15) is 23.6 Å². The van der Waals surface area contributed by atoms with Gasteiger partial charge in [0.15, 0.2) is 0 Å². The van der Waals surface area contributed by atoms with E-state index in [0.29, 0.717) is 36.4 Å². The van der Waals surface area contributed by atoms with E-state index in [-0.39, 0.29) is 11.3 Å². The van der Waals surface area contributed by atoms with Gasteiger partial charge in [-0.05, 0) is 48.9 Å². The Balaban J connectivity index is 2.11. The second-order valence-electron chi connectivity index (χ2n) is 6.15. The zero-order valence-corrected chi connectivity index (χ0v) is 15.0. The summed E-state index contributed by atoms with van der Waals surface area (Å²) in [5.41, 5.74) is 6.71. The number of amides is 1. The Kier molecular flexibility index (Phi) is 5.52. The molecular formula is C20H21N3O4. The van der Waals surface area contributed by atoms with Crippen molar-refractivity contribution in [2.24, 2.45) is 5.73 Å². The molecule has 0 aliphatic carbocycles. The number of methoxy groups -OCH3 is 1. The smallest absolute Gasteiger partial charge is 0.295 e. The molecule has 1 aromatic heterocycles. The fourth-order valence-corrected chi connectivity index (χ4v) is 3.16. The van der Waals surface area contributed by atoms with Gasteiger partial charge in [-0.25, -0.2) is 0 Å². The highest BCUT2D eigenvalue weighted by atomic mass is 16.5. The van der Waals surface area contributed by atoms with E-state index in [1.165, 1.54) is 4.90 Å². The van der Waals surface area contributed by atoms with Crippen LogP contribution in [0, 0.1) is 0 Å². The molecule has 0 radical (unpaired) electrons. The van der Waals surface area contributed by atoms with E-state index in [1.54, 1.807) is 55.9 Å². The van der Waals surface area contributed by atoms with Crippen molar-refractivity contribution >= 4 is 17.4 Å². The van der Waals surface area contributed by atoms with Crippen LogP contribution < -0.4 is 10.5 Å². The third-order valence-electron chi connectivity index (χ3n) is 4.51. The average molecular weight is 367 g/mol. The summed E-state index contributed by atoms with van der Waals surface area (Å²) >= 11 is 0. The Morgan fingerprint density at radius 3 is 2.59 bits per heavy atom. The monoisotopic (exact) mass is 367 g/mol. The van der Waals surface area contributed by atoms with Crippen molar-refractivity contribution in [1.82, 2.24) is 9.88 Å². The number of aromatic nitrogens is 1. The van der Waals surface area contributed by atoms with Gasteiger partial charge in [-0.3, -0.25) is 14.6 Å². The Hall–Kier alpha value is -3.19. The minimum atomic E-state index is -0.714. The largest absolute Gasteiger partial charge is 0.507 e. The fraction of sp³-hybridized carbons (Fsp3) is 0.250. The molecule has 1 atom stereocenters. The van der Waals surface area contributed by atoms with Crippen LogP contribution in [-0.2, 0) is 9.59 Å². The third-order valence-corrected chi connectivity index (χ3v) is 4.51. The molecule has 0 bridgehead atoms. The quantitative estimate of drug-likeness (QED) is 0.459. The molecule has 1 fully saturated rings. The molecule has 2 heterocycles. The number of likely N-dealkylation sites (tertiary alicyclic amines) is 1. The first-order valence-corrected chi connectivity index (χ1v) is 8.61. The number of nitrogens with two attached hydrogens (primary N) is 1. The standard InChI is InChI=1S/C20H21N3O4/c1-27-15-7-5-13(6-8-15)18(24)16-17(14-4-2-10-22-12-14)23(11-3-9-21)20(26)19(16)25/h2,4-8,10,12,17,24H,3,9,11,21H2,1H3. The van der Waals surface area contributed by atoms with Crippen LogP contribution in [0.4, 0.5) is 0 Å². The van der Waals surface area contributed by atoms with Crippen molar-refractivity contribution < 1.29 is 19.4 Å². The Morgan fingerprint density at radius 2 is 2.00 bits per heavy atom. The van der Waals surface area contributed by atoms with Crippen LogP contribution in [0.25, 0.3) is 5.76 Å². The number of carbonyl (C=O) groups is 2. The minimum absolute atomic E-state index is 0.0511. The molecule has 2 aromatic rings. The number of nitrogens with zero attached hydrogens (tertiary/aromatic N) is 2. The number of ketones is 1. The molecule has 140 valence electrons. The number of aliphatic hydroxyl groups excluding tert-OH is 1. The van der Waals surface area contributed by atoms with E-state index in [2.05, 4.69) is 4.98 Å². The maximum atomic E-state index is 12.7. The van der Waals surface area contributed by atoms with Crippen molar-refractivity contribution in [3.05, 3.63) is 65.5 Å². The van der Waals surface area contributed by atoms with E-state index >= 15 is 0 Å². The van der Waals surface area contributed by atoms with Gasteiger partial charge in [-0.1, -0.05) is 6.07 Å². The second-order valence-corrected chi connectivity index (χ2v) is 6.15. The summed E-state index contributed by atoms with van der Waals surface area (Å²) in [4.78, 5) is 30.8. The summed E-state index contributed by atoms with van der Waals surface area (Å²) in [7, 11) is 1.54. The fourth-order valence-electron chi connectivity index (χ4n) is 3.16. The summed E-state index contributed by atoms with van der Waals surface area (Å²) in [6.07, 6.45) is 3.75. The third kappa shape index (κ3) is 3.54. The van der Waals surface area contributed by atoms with Crippen LogP contribution in [0.5, 0.6) is 5.75 Å². The predicted molar refractivity (Wildman–Crippen MR) is 99.9 cm³/mol. The van der Waals surface area contributed by atoms with Gasteiger partial charge < -0.3 is 20.5 Å². The SMILES string of the molecule is COc1ccc(C(O)=C2C(=O)C(=O)N(CCCN)C2c2cccnc2)cc1. The zero-order valence-electron chi connectivity index (χ0n) is 15.0. The summed E-state index contributed by atoms with van der Waals surface area (Å²) in [5.74, 6) is -0.958. The number of hydrogen-bond acceptors (Lipinski definition) is 6. The lowest BCUT2D eigenvalue weighted by atomic mass is 9.96. The van der Waals surface area contributed by atoms with Crippen molar-refractivity contribution in [2.45, 2.75) is 12.5 Å². The van der Waals surface area contributed by atoms with Gasteiger partial charge in [0.25, 0.3) is 11.7 Å². The molecule has 1 aliphatic heterocycles. The molecule has 3 N–H and O–H groups in total. The summed E-state index contributed by atoms with van der Waals surface area (Å²) in [5, 5.41) is 10.8. The molecule has 1 saturated heterocycles. The molecule has 1 unspecified atom stereocenters. The number of pyridine rings is 1. The Labute approximate surface area is 157 Å². The molecule has 1 aromatic carbocycles. The molecule has 7 nitrogen and oxygen atoms in total. The van der Waals surface area contributed by atoms with Gasteiger partial charge >= 0.3 is 0 Å². The van der Waals surface area contributed by atoms with Gasteiger partial charge in [0, 0.05) is 24.5 Å². The highest BCUT2D eigenvalue weighted by Crippen LogP contribution is 2.39. The maximum absolute atomic E-state index is 12.7. The average Bonchev–Trinajstić information content (AvgIpc) is 2.97. The number of benzene rings is 1. The number of rotatable bonds is 6. The number of carbonyl (C=O) groups excluding carboxylic acids is 2. The van der Waals surface area contributed by atoms with Crippen LogP contribution in [0.3, 0.4) is 0 Å². The minimum Gasteiger partial charge on any atom is -0.507 e. The first-order chi connectivity index (χ1) is 13.1. The van der Waals surface area contributed by atoms with Crippen LogP contribution in [0.15, 0.2) is 54.4 Å². The number of ether oxygens (including phenoxy) is 1. The molecule has 0 spiro atoms. The number of Topliss-reactive ketones (excluding diaryl/α,β-unsaturated/α-hetero) is 1. The van der Waals surface area contributed by atoms with Crippen molar-refractivity contribution in [3.63, 3.8) is 0 Å². The molecule has 27 heavy (non-hydrogen) atoms. The Bertz CT molecular complexity index is 863. The van der Waals surface area contributed by atoms with E-state index in [9.17, 15) is 14.7 Å². The van der Waals surface area contributed by atoms with Crippen molar-refractivity contribution in [2.75, 3.05) is 20.2 Å². The number of hydrogen-bond donors (Lipinski definition) is 2. The molecular weight excluding hydrogens is 346 g/mol. The van der Waals surface area contributed by atoms with Gasteiger partial charge in [-0.15, -0.1) is 0 Å². The topological polar surface area (TPSA) is 106 Å². The number of aliphatic hydroxyl groups is 1. The lowest BCUT2D eigenvalue weighted by Gasteiger charge is -2.24. The molecule has 0 saturated carbocycles. The van der Waals surface area contributed by atoms with Gasteiger partial charge in [0.2, 0.25) is 0 Å². The second kappa shape index (κ2) is 8.01. The van der Waals surface area contributed by atoms with Crippen molar-refractivity contribution in [3.8, 4) is 5.75 Å². The lowest BCUT2D eigenvalue weighted by molar-refractivity contribution is -0.139. The van der Waals surface area contributed by atoms with E-state index in [0.717, 1.165) is 0 Å². The van der Waals surface area contributed by atoms with Gasteiger partial charge in [-0.2, -0.15) is 0 Å². The zero-order chi connectivity index (χ0) is 19.4. The summed E-state index contributed by atoms with van der Waals surface area (Å²) < 4.78 is 5.12. The van der Waals surface area contributed by atoms with E-state index in [4.69, 9.17) is 10.5 Å². The van der Waals surface area contributed by atoms with E-state index in [1.807, 2.05) is 0 Å². The molecule has 7 heteroatoms. The first kappa shape index (κ1) is 18.6. The van der Waals surface area contributed by atoms with Crippen LogP contribution >= 0.6 is 0 Å². The highest BCUT2D eigenvalue weighted by molar-refractivity contribution is 6.46. The Morgan fingerprint density at radius 1 is 1.26 bits per heavy atom. The molecule has 1 amide bonds. The maximum Gasteiger partial charge on any atom is 0.295 e. The van der Waals surface area contributed by atoms with Gasteiger partial charge in [0.1, 0.15) is 11.5 Å². The first-order valence-electron chi connectivity index (χ1n) is 8.61. The summed E-state index contributed by atoms with van der Waals surface area (Å²) in [6.45, 7) is 0.710.